The van der Waals surface area contributed by atoms with Crippen LogP contribution in [-0.2, 0) is 4.79 Å². The van der Waals surface area contributed by atoms with Crippen molar-refractivity contribution in [3.8, 4) is 22.5 Å². The van der Waals surface area contributed by atoms with E-state index in [9.17, 15) is 9.90 Å². The molecule has 0 radical (unpaired) electrons. The summed E-state index contributed by atoms with van der Waals surface area (Å²) >= 11 is 0. The number of carbonyl (C=O) groups is 1. The van der Waals surface area contributed by atoms with Gasteiger partial charge in [0, 0.05) is 11.3 Å². The Morgan fingerprint density at radius 2 is 1.90 bits per heavy atom. The topological polar surface area (TPSA) is 119 Å². The highest BCUT2D eigenvalue weighted by Gasteiger charge is 2.39. The number of nitrogens with zero attached hydrogens (tertiary/aromatic N) is 4. The molecule has 0 bridgehead atoms. The molecule has 4 rings (SSSR count). The average molecular weight is 408 g/mol. The third-order valence-electron chi connectivity index (χ3n) is 5.02. The Labute approximate surface area is 170 Å². The predicted octanol–water partition coefficient (Wildman–Crippen LogP) is 3.22. The first-order valence-electron chi connectivity index (χ1n) is 9.08. The Balaban J connectivity index is 1.72. The van der Waals surface area contributed by atoms with E-state index in [0.717, 1.165) is 21.6 Å². The first-order chi connectivity index (χ1) is 14.0. The summed E-state index contributed by atoms with van der Waals surface area (Å²) in [6.45, 7) is 1.95. The number of amidine groups is 1. The molecule has 0 aliphatic carbocycles. The zero-order valence-electron chi connectivity index (χ0n) is 16.0. The van der Waals surface area contributed by atoms with E-state index >= 15 is 0 Å². The highest BCUT2D eigenvalue weighted by atomic mass is 32.2. The lowest BCUT2D eigenvalue weighted by atomic mass is 9.99. The maximum Gasteiger partial charge on any atom is 0.331 e. The van der Waals surface area contributed by atoms with Crippen LogP contribution in [0.5, 0.6) is 0 Å². The van der Waals surface area contributed by atoms with Gasteiger partial charge in [-0.1, -0.05) is 43.3 Å². The minimum atomic E-state index is -0.921. The second-order valence-electron chi connectivity index (χ2n) is 6.57. The van der Waals surface area contributed by atoms with Gasteiger partial charge in [0.15, 0.2) is 11.2 Å². The summed E-state index contributed by atoms with van der Waals surface area (Å²) in [4.78, 5) is 14.4. The molecule has 0 spiro atoms. The van der Waals surface area contributed by atoms with E-state index in [1.165, 1.54) is 0 Å². The molecule has 1 aliphatic heterocycles. The van der Waals surface area contributed by atoms with Crippen LogP contribution in [0, 0.1) is 5.41 Å². The Morgan fingerprint density at radius 1 is 1.21 bits per heavy atom. The number of hydrogen-bond donors (Lipinski definition) is 3. The summed E-state index contributed by atoms with van der Waals surface area (Å²) < 4.78 is 0. The highest BCUT2D eigenvalue weighted by Crippen LogP contribution is 2.36. The zero-order valence-corrected chi connectivity index (χ0v) is 16.8. The maximum atomic E-state index is 11.9. The first kappa shape index (κ1) is 19.0. The zero-order chi connectivity index (χ0) is 20.5. The molecule has 2 heterocycles. The van der Waals surface area contributed by atoms with Gasteiger partial charge in [0.2, 0.25) is 5.82 Å². The van der Waals surface area contributed by atoms with Gasteiger partial charge in [-0.15, -0.1) is 20.7 Å². The van der Waals surface area contributed by atoms with E-state index in [2.05, 4.69) is 20.6 Å². The monoisotopic (exact) mass is 408 g/mol. The number of nitrogens with one attached hydrogen (secondary N) is 2. The van der Waals surface area contributed by atoms with Gasteiger partial charge in [-0.05, 0) is 46.0 Å². The molecule has 2 unspecified atom stereocenters. The molecule has 0 amide bonds. The van der Waals surface area contributed by atoms with Crippen molar-refractivity contribution >= 4 is 32.2 Å². The SMILES string of the molecule is CCC1=S(C)C(=N)N(c2ccc(-c3ccccc3-c3nn[nH]n3)cc2)C1C(=O)O. The fraction of sp³-hybridized carbons (Fsp3) is 0.200. The third kappa shape index (κ3) is 3.23. The summed E-state index contributed by atoms with van der Waals surface area (Å²) in [6, 6.07) is 14.5. The van der Waals surface area contributed by atoms with Gasteiger partial charge in [0.1, 0.15) is 0 Å². The Kier molecular flexibility index (Phi) is 4.98. The van der Waals surface area contributed by atoms with Crippen LogP contribution in [0.25, 0.3) is 22.5 Å². The van der Waals surface area contributed by atoms with Crippen molar-refractivity contribution in [1.29, 1.82) is 5.41 Å². The third-order valence-corrected chi connectivity index (χ3v) is 7.09. The van der Waals surface area contributed by atoms with Crippen molar-refractivity contribution in [1.82, 2.24) is 20.6 Å². The van der Waals surface area contributed by atoms with Crippen molar-refractivity contribution in [2.45, 2.75) is 19.4 Å². The van der Waals surface area contributed by atoms with E-state index < -0.39 is 22.5 Å². The molecule has 148 valence electrons. The molecule has 29 heavy (non-hydrogen) atoms. The summed E-state index contributed by atoms with van der Waals surface area (Å²) in [5, 5.41) is 32.8. The van der Waals surface area contributed by atoms with Crippen LogP contribution in [0.3, 0.4) is 0 Å². The molecule has 2 atom stereocenters. The quantitative estimate of drug-likeness (QED) is 0.558. The number of H-pyrrole nitrogens is 1. The molecule has 0 saturated heterocycles. The van der Waals surface area contributed by atoms with Gasteiger partial charge >= 0.3 is 5.97 Å². The number of anilines is 1. The maximum absolute atomic E-state index is 11.9. The van der Waals surface area contributed by atoms with Crippen LogP contribution in [0.15, 0.2) is 48.5 Å². The molecule has 0 saturated carbocycles. The number of tetrazole rings is 1. The van der Waals surface area contributed by atoms with Crippen molar-refractivity contribution in [2.24, 2.45) is 0 Å². The van der Waals surface area contributed by atoms with Gasteiger partial charge in [-0.3, -0.25) is 5.41 Å². The smallest absolute Gasteiger partial charge is 0.331 e. The molecule has 3 aromatic rings. The Morgan fingerprint density at radius 3 is 2.48 bits per heavy atom. The van der Waals surface area contributed by atoms with Gasteiger partial charge < -0.3 is 10.0 Å². The number of carboxylic acids is 1. The fourth-order valence-corrected chi connectivity index (χ4v) is 5.36. The van der Waals surface area contributed by atoms with Gasteiger partial charge in [-0.25, -0.2) is 4.79 Å². The summed E-state index contributed by atoms with van der Waals surface area (Å²) in [6.07, 6.45) is 2.57. The molecule has 9 heteroatoms. The molecule has 2 aromatic carbocycles. The van der Waals surface area contributed by atoms with E-state index in [1.54, 1.807) is 4.90 Å². The van der Waals surface area contributed by atoms with Gasteiger partial charge in [-0.2, -0.15) is 5.21 Å². The van der Waals surface area contributed by atoms with E-state index in [1.807, 2.05) is 61.7 Å². The van der Waals surface area contributed by atoms with Crippen molar-refractivity contribution < 1.29 is 9.90 Å². The van der Waals surface area contributed by atoms with E-state index in [4.69, 9.17) is 5.41 Å². The van der Waals surface area contributed by atoms with Crippen LogP contribution in [0.1, 0.15) is 13.3 Å². The van der Waals surface area contributed by atoms with E-state index in [0.29, 0.717) is 23.1 Å². The fourth-order valence-electron chi connectivity index (χ4n) is 3.63. The van der Waals surface area contributed by atoms with Gasteiger partial charge in [0.05, 0.1) is 0 Å². The van der Waals surface area contributed by atoms with Gasteiger partial charge in [0.25, 0.3) is 0 Å². The second-order valence-corrected chi connectivity index (χ2v) is 8.51. The minimum absolute atomic E-state index is 0.342. The number of aliphatic carboxylic acids is 1. The lowest BCUT2D eigenvalue weighted by molar-refractivity contribution is -0.136. The molecule has 1 aromatic heterocycles. The lowest BCUT2D eigenvalue weighted by Crippen LogP contribution is -2.43. The molecule has 0 fully saturated rings. The summed E-state index contributed by atoms with van der Waals surface area (Å²) in [7, 11) is -0.484. The summed E-state index contributed by atoms with van der Waals surface area (Å²) in [5.74, 6) is -0.413. The largest absolute Gasteiger partial charge is 0.479 e. The molecular weight excluding hydrogens is 388 g/mol. The number of hydrogen-bond acceptors (Lipinski definition) is 5. The number of rotatable bonds is 5. The van der Waals surface area contributed by atoms with Crippen LogP contribution in [0.2, 0.25) is 0 Å². The Bertz CT molecular complexity index is 1110. The highest BCUT2D eigenvalue weighted by molar-refractivity contribution is 8.28. The minimum Gasteiger partial charge on any atom is -0.479 e. The average Bonchev–Trinajstić information content (AvgIpc) is 3.36. The number of aromatic nitrogens is 4. The van der Waals surface area contributed by atoms with Crippen LogP contribution >= 0.6 is 10.5 Å². The lowest BCUT2D eigenvalue weighted by Gasteiger charge is -2.25. The normalized spacial score (nSPS) is 19.0. The standard InChI is InChI=1S/C20H20N6O2S/c1-3-16-17(19(27)28)26(20(21)29(16)2)13-10-8-12(9-11-13)14-6-4-5-7-15(14)18-22-24-25-23-18/h4-11,17,21H,3H2,1-2H3,(H,27,28)(H,22,23,24,25). The number of carboxylic acid groups (broad SMARTS) is 1. The molecule has 3 N–H and O–H groups in total. The van der Waals surface area contributed by atoms with Crippen LogP contribution in [-0.4, -0.2) is 54.0 Å². The van der Waals surface area contributed by atoms with Crippen LogP contribution in [0.4, 0.5) is 5.69 Å². The summed E-state index contributed by atoms with van der Waals surface area (Å²) in [5.41, 5.74) is 3.44. The molecule has 1 aliphatic rings. The second kappa shape index (κ2) is 7.59. The van der Waals surface area contributed by atoms with Crippen molar-refractivity contribution in [3.63, 3.8) is 0 Å². The first-order valence-corrected chi connectivity index (χ1v) is 10.7. The number of aromatic amines is 1. The van der Waals surface area contributed by atoms with Crippen molar-refractivity contribution in [2.75, 3.05) is 11.2 Å². The molecule has 8 nitrogen and oxygen atoms in total. The van der Waals surface area contributed by atoms with E-state index in [-0.39, 0.29) is 0 Å². The number of benzene rings is 2. The van der Waals surface area contributed by atoms with Crippen LogP contribution < -0.4 is 4.90 Å². The Hall–Kier alpha value is -3.33. The molecular formula is C20H20N6O2S. The predicted molar refractivity (Wildman–Crippen MR) is 115 cm³/mol. The van der Waals surface area contributed by atoms with Crippen molar-refractivity contribution in [3.05, 3.63) is 48.5 Å².